The SMILES string of the molecule is O=C(c1nn2c(c1Cl)NC(c1ccc(Br)cc1)CC2C(F)(F)F)N1CCCc2ccccc21. The van der Waals surface area contributed by atoms with Crippen LogP contribution in [0.15, 0.2) is 53.0 Å². The lowest BCUT2D eigenvalue weighted by Crippen LogP contribution is -2.37. The van der Waals surface area contributed by atoms with Crippen molar-refractivity contribution in [3.63, 3.8) is 0 Å². The third-order valence-electron chi connectivity index (χ3n) is 6.13. The molecular weight excluding hydrogens is 521 g/mol. The first kappa shape index (κ1) is 22.3. The van der Waals surface area contributed by atoms with Gasteiger partial charge in [-0.15, -0.1) is 0 Å². The Labute approximate surface area is 201 Å². The van der Waals surface area contributed by atoms with Crippen LogP contribution in [0.2, 0.25) is 5.02 Å². The van der Waals surface area contributed by atoms with E-state index in [1.165, 1.54) is 0 Å². The highest BCUT2D eigenvalue weighted by atomic mass is 79.9. The zero-order valence-corrected chi connectivity index (χ0v) is 19.6. The van der Waals surface area contributed by atoms with E-state index in [-0.39, 0.29) is 23.0 Å². The highest BCUT2D eigenvalue weighted by Crippen LogP contribution is 2.46. The maximum Gasteiger partial charge on any atom is 0.410 e. The summed E-state index contributed by atoms with van der Waals surface area (Å²) in [6.07, 6.45) is -3.24. The number of anilines is 2. The summed E-state index contributed by atoms with van der Waals surface area (Å²) in [6.45, 7) is 0.450. The number of aryl methyl sites for hydroxylation is 1. The second-order valence-corrected chi connectivity index (χ2v) is 9.48. The molecule has 33 heavy (non-hydrogen) atoms. The van der Waals surface area contributed by atoms with Gasteiger partial charge in [0, 0.05) is 23.1 Å². The van der Waals surface area contributed by atoms with Crippen LogP contribution in [0.4, 0.5) is 24.7 Å². The summed E-state index contributed by atoms with van der Waals surface area (Å²) in [4.78, 5) is 14.9. The zero-order chi connectivity index (χ0) is 23.3. The minimum atomic E-state index is -4.56. The summed E-state index contributed by atoms with van der Waals surface area (Å²) in [7, 11) is 0. The molecule has 0 bridgehead atoms. The lowest BCUT2D eigenvalue weighted by Gasteiger charge is -2.33. The van der Waals surface area contributed by atoms with Crippen LogP contribution in [0, 0.1) is 0 Å². The molecule has 10 heteroatoms. The number of nitrogens with zero attached hydrogens (tertiary/aromatic N) is 3. The van der Waals surface area contributed by atoms with Crippen LogP contribution in [0.1, 0.15) is 46.5 Å². The van der Waals surface area contributed by atoms with Crippen LogP contribution in [-0.2, 0) is 6.42 Å². The van der Waals surface area contributed by atoms with Gasteiger partial charge in [0.1, 0.15) is 10.8 Å². The predicted molar refractivity (Wildman–Crippen MR) is 124 cm³/mol. The van der Waals surface area contributed by atoms with Crippen molar-refractivity contribution >= 4 is 44.9 Å². The minimum Gasteiger partial charge on any atom is -0.362 e. The van der Waals surface area contributed by atoms with Gasteiger partial charge in [0.2, 0.25) is 0 Å². The van der Waals surface area contributed by atoms with Crippen molar-refractivity contribution in [3.05, 3.63) is 74.8 Å². The topological polar surface area (TPSA) is 50.2 Å². The highest BCUT2D eigenvalue weighted by molar-refractivity contribution is 9.10. The number of hydrogen-bond acceptors (Lipinski definition) is 3. The number of halogens is 5. The standard InChI is InChI=1S/C23H19BrClF3N4O/c24-15-9-7-13(8-10-15)16-12-18(23(26,27)28)32-21(29-16)19(25)20(30-32)22(33)31-11-3-5-14-4-1-2-6-17(14)31/h1-2,4,6-10,16,18,29H,3,5,11-12H2. The number of benzene rings is 2. The molecule has 2 aromatic carbocycles. The lowest BCUT2D eigenvalue weighted by atomic mass is 9.97. The molecule has 1 N–H and O–H groups in total. The van der Waals surface area contributed by atoms with Gasteiger partial charge in [-0.2, -0.15) is 18.3 Å². The van der Waals surface area contributed by atoms with Gasteiger partial charge in [0.15, 0.2) is 11.7 Å². The van der Waals surface area contributed by atoms with E-state index in [0.29, 0.717) is 12.1 Å². The average Bonchev–Trinajstić information content (AvgIpc) is 3.14. The molecule has 0 aliphatic carbocycles. The Bertz CT molecular complexity index is 1210. The van der Waals surface area contributed by atoms with Crippen LogP contribution >= 0.6 is 27.5 Å². The van der Waals surface area contributed by atoms with E-state index >= 15 is 0 Å². The van der Waals surface area contributed by atoms with E-state index in [4.69, 9.17) is 11.6 Å². The Hall–Kier alpha value is -2.52. The van der Waals surface area contributed by atoms with E-state index in [9.17, 15) is 18.0 Å². The van der Waals surface area contributed by atoms with Gasteiger partial charge in [-0.3, -0.25) is 4.79 Å². The molecule has 2 atom stereocenters. The molecule has 5 rings (SSSR count). The molecule has 0 spiro atoms. The first-order valence-electron chi connectivity index (χ1n) is 10.5. The number of hydrogen-bond donors (Lipinski definition) is 1. The normalized spacial score (nSPS) is 20.1. The summed E-state index contributed by atoms with van der Waals surface area (Å²) in [5, 5.41) is 7.08. The monoisotopic (exact) mass is 538 g/mol. The fourth-order valence-electron chi connectivity index (χ4n) is 4.51. The Kier molecular flexibility index (Phi) is 5.64. The van der Waals surface area contributed by atoms with Crippen molar-refractivity contribution in [2.24, 2.45) is 0 Å². The molecule has 2 aliphatic rings. The van der Waals surface area contributed by atoms with Crippen LogP contribution in [0.5, 0.6) is 0 Å². The van der Waals surface area contributed by atoms with Crippen LogP contribution < -0.4 is 10.2 Å². The maximum absolute atomic E-state index is 14.0. The number of nitrogens with one attached hydrogen (secondary N) is 1. The van der Waals surface area contributed by atoms with E-state index in [2.05, 4.69) is 26.3 Å². The van der Waals surface area contributed by atoms with Crippen molar-refractivity contribution < 1.29 is 18.0 Å². The first-order valence-corrected chi connectivity index (χ1v) is 11.7. The van der Waals surface area contributed by atoms with Gasteiger partial charge < -0.3 is 10.2 Å². The van der Waals surface area contributed by atoms with Gasteiger partial charge in [0.25, 0.3) is 5.91 Å². The number of para-hydroxylation sites is 1. The Morgan fingerprint density at radius 3 is 2.61 bits per heavy atom. The number of fused-ring (bicyclic) bond motifs is 2. The minimum absolute atomic E-state index is 0.00630. The van der Waals surface area contributed by atoms with Gasteiger partial charge in [0.05, 0.1) is 6.04 Å². The number of rotatable bonds is 2. The molecule has 0 saturated heterocycles. The van der Waals surface area contributed by atoms with Crippen LogP contribution in [-0.4, -0.2) is 28.4 Å². The molecule has 0 fully saturated rings. The second kappa shape index (κ2) is 8.36. The van der Waals surface area contributed by atoms with E-state index in [1.54, 1.807) is 29.2 Å². The Balaban J connectivity index is 1.55. The molecule has 2 unspecified atom stereocenters. The summed E-state index contributed by atoms with van der Waals surface area (Å²) >= 11 is 9.85. The Morgan fingerprint density at radius 1 is 1.15 bits per heavy atom. The van der Waals surface area contributed by atoms with Crippen LogP contribution in [0.3, 0.4) is 0 Å². The van der Waals surface area contributed by atoms with Gasteiger partial charge in [-0.05, 0) is 42.2 Å². The smallest absolute Gasteiger partial charge is 0.362 e. The number of carbonyl (C=O) groups excluding carboxylic acids is 1. The van der Waals surface area contributed by atoms with Crippen molar-refractivity contribution in [2.75, 3.05) is 16.8 Å². The van der Waals surface area contributed by atoms with Crippen molar-refractivity contribution in [1.29, 1.82) is 0 Å². The second-order valence-electron chi connectivity index (χ2n) is 8.19. The fraction of sp³-hybridized carbons (Fsp3) is 0.304. The molecular formula is C23H19BrClF3N4O. The summed E-state index contributed by atoms with van der Waals surface area (Å²) < 4.78 is 43.7. The van der Waals surface area contributed by atoms with Crippen molar-refractivity contribution in [2.45, 2.75) is 37.5 Å². The Morgan fingerprint density at radius 2 is 1.88 bits per heavy atom. The average molecular weight is 540 g/mol. The van der Waals surface area contributed by atoms with E-state index in [0.717, 1.165) is 33.2 Å². The maximum atomic E-state index is 14.0. The fourth-order valence-corrected chi connectivity index (χ4v) is 5.04. The quantitative estimate of drug-likeness (QED) is 0.402. The van der Waals surface area contributed by atoms with Crippen LogP contribution in [0.25, 0.3) is 0 Å². The van der Waals surface area contributed by atoms with Gasteiger partial charge >= 0.3 is 6.18 Å². The third-order valence-corrected chi connectivity index (χ3v) is 7.01. The predicted octanol–water partition coefficient (Wildman–Crippen LogP) is 6.55. The highest BCUT2D eigenvalue weighted by Gasteiger charge is 2.48. The van der Waals surface area contributed by atoms with Crippen molar-refractivity contribution in [1.82, 2.24) is 9.78 Å². The molecule has 0 radical (unpaired) electrons. The van der Waals surface area contributed by atoms with Gasteiger partial charge in [-0.25, -0.2) is 4.68 Å². The summed E-state index contributed by atoms with van der Waals surface area (Å²) in [5.41, 5.74) is 2.26. The largest absolute Gasteiger partial charge is 0.410 e. The molecule has 172 valence electrons. The number of amides is 1. The van der Waals surface area contributed by atoms with E-state index < -0.39 is 24.2 Å². The molecule has 0 saturated carbocycles. The first-order chi connectivity index (χ1) is 15.7. The van der Waals surface area contributed by atoms with E-state index in [1.807, 2.05) is 24.3 Å². The molecule has 3 heterocycles. The summed E-state index contributed by atoms with van der Waals surface area (Å²) in [5.74, 6) is -0.497. The third kappa shape index (κ3) is 4.01. The molecule has 2 aliphatic heterocycles. The molecule has 1 amide bonds. The number of carbonyl (C=O) groups is 1. The lowest BCUT2D eigenvalue weighted by molar-refractivity contribution is -0.173. The molecule has 3 aromatic rings. The number of aromatic nitrogens is 2. The van der Waals surface area contributed by atoms with Crippen molar-refractivity contribution in [3.8, 4) is 0 Å². The van der Waals surface area contributed by atoms with Gasteiger partial charge in [-0.1, -0.05) is 57.9 Å². The zero-order valence-electron chi connectivity index (χ0n) is 17.2. The summed E-state index contributed by atoms with van der Waals surface area (Å²) in [6, 6.07) is 12.0. The molecule has 5 nitrogen and oxygen atoms in total. The number of alkyl halides is 3. The molecule has 1 aromatic heterocycles.